The van der Waals surface area contributed by atoms with Gasteiger partial charge in [-0.2, -0.15) is 0 Å². The van der Waals surface area contributed by atoms with Gasteiger partial charge in [0.15, 0.2) is 11.5 Å². The lowest BCUT2D eigenvalue weighted by molar-refractivity contribution is -0.113. The average Bonchev–Trinajstić information content (AvgIpc) is 3.29. The predicted molar refractivity (Wildman–Crippen MR) is 137 cm³/mol. The molecule has 3 heterocycles. The number of hydrogen-bond acceptors (Lipinski definition) is 9. The lowest BCUT2D eigenvalue weighted by Gasteiger charge is -2.18. The summed E-state index contributed by atoms with van der Waals surface area (Å²) in [4.78, 5) is 18.1. The van der Waals surface area contributed by atoms with E-state index >= 15 is 0 Å². The van der Waals surface area contributed by atoms with Crippen molar-refractivity contribution in [2.45, 2.75) is 11.9 Å². The van der Waals surface area contributed by atoms with E-state index in [1.807, 2.05) is 43.3 Å². The number of anilines is 1. The number of methoxy groups -OCH3 is 1. The van der Waals surface area contributed by atoms with Gasteiger partial charge < -0.3 is 19.5 Å². The summed E-state index contributed by atoms with van der Waals surface area (Å²) in [5, 5.41) is 13.1. The van der Waals surface area contributed by atoms with E-state index in [9.17, 15) is 4.79 Å². The Morgan fingerprint density at radius 3 is 2.74 bits per heavy atom. The number of nitrogens with one attached hydrogen (secondary N) is 1. The summed E-state index contributed by atoms with van der Waals surface area (Å²) in [6.07, 6.45) is 0. The number of benzene rings is 2. The van der Waals surface area contributed by atoms with E-state index in [4.69, 9.17) is 19.2 Å². The fourth-order valence-corrected chi connectivity index (χ4v) is 5.13. The molecule has 0 unspecified atom stereocenters. The van der Waals surface area contributed by atoms with Crippen LogP contribution in [0.3, 0.4) is 0 Å². The minimum Gasteiger partial charge on any atom is -0.497 e. The Kier molecular flexibility index (Phi) is 6.82. The van der Waals surface area contributed by atoms with Gasteiger partial charge in [-0.1, -0.05) is 23.9 Å². The molecule has 5 rings (SSSR count). The molecule has 0 fully saturated rings. The summed E-state index contributed by atoms with van der Waals surface area (Å²) < 4.78 is 16.4. The van der Waals surface area contributed by atoms with Crippen LogP contribution in [-0.2, 0) is 4.79 Å². The third-order valence-corrected chi connectivity index (χ3v) is 7.31. The SMILES string of the molecule is COc1cccc(-c2nc(C)c(-c3ccc(SCC(=O)Nc4ccc5c(c4)OCCO5)nn3)s2)c1. The largest absolute Gasteiger partial charge is 0.497 e. The third-order valence-electron chi connectivity index (χ3n) is 5.16. The maximum atomic E-state index is 12.4. The molecule has 178 valence electrons. The Morgan fingerprint density at radius 1 is 1.09 bits per heavy atom. The molecule has 2 aromatic heterocycles. The van der Waals surface area contributed by atoms with Gasteiger partial charge in [-0.05, 0) is 43.3 Å². The van der Waals surface area contributed by atoms with Crippen LogP contribution in [0.5, 0.6) is 17.2 Å². The van der Waals surface area contributed by atoms with E-state index < -0.39 is 0 Å². The molecule has 35 heavy (non-hydrogen) atoms. The van der Waals surface area contributed by atoms with Gasteiger partial charge in [0.05, 0.1) is 23.4 Å². The highest BCUT2D eigenvalue weighted by atomic mass is 32.2. The molecule has 2 aromatic carbocycles. The molecule has 1 aliphatic heterocycles. The molecule has 0 atom stereocenters. The number of carbonyl (C=O) groups is 1. The number of ether oxygens (including phenoxy) is 3. The van der Waals surface area contributed by atoms with Crippen molar-refractivity contribution in [1.29, 1.82) is 0 Å². The molecule has 10 heteroatoms. The van der Waals surface area contributed by atoms with Gasteiger partial charge in [-0.15, -0.1) is 21.5 Å². The molecule has 1 N–H and O–H groups in total. The smallest absolute Gasteiger partial charge is 0.234 e. The van der Waals surface area contributed by atoms with E-state index in [0.29, 0.717) is 35.4 Å². The molecule has 4 aromatic rings. The van der Waals surface area contributed by atoms with E-state index in [1.54, 1.807) is 36.6 Å². The predicted octanol–water partition coefficient (Wildman–Crippen LogP) is 5.09. The maximum absolute atomic E-state index is 12.4. The fraction of sp³-hybridized carbons (Fsp3) is 0.200. The van der Waals surface area contributed by atoms with Crippen molar-refractivity contribution < 1.29 is 19.0 Å². The van der Waals surface area contributed by atoms with Crippen molar-refractivity contribution in [3.63, 3.8) is 0 Å². The van der Waals surface area contributed by atoms with Crippen molar-refractivity contribution in [2.75, 3.05) is 31.4 Å². The number of aromatic nitrogens is 3. The van der Waals surface area contributed by atoms with Crippen LogP contribution < -0.4 is 19.5 Å². The van der Waals surface area contributed by atoms with Crippen molar-refractivity contribution in [1.82, 2.24) is 15.2 Å². The standard InChI is InChI=1S/C25H22N4O4S2/c1-15-24(35-25(26-15)16-4-3-5-18(12-16)31-2)19-7-9-23(29-28-19)34-14-22(30)27-17-6-8-20-21(13-17)33-11-10-32-20/h3-9,12-13H,10-11,14H2,1-2H3,(H,27,30). The van der Waals surface area contributed by atoms with Crippen molar-refractivity contribution >= 4 is 34.7 Å². The van der Waals surface area contributed by atoms with Gasteiger partial charge in [0.2, 0.25) is 5.91 Å². The zero-order valence-corrected chi connectivity index (χ0v) is 20.7. The molecule has 0 saturated carbocycles. The van der Waals surface area contributed by atoms with Crippen LogP contribution in [0.15, 0.2) is 59.6 Å². The van der Waals surface area contributed by atoms with Crippen LogP contribution in [0.2, 0.25) is 0 Å². The summed E-state index contributed by atoms with van der Waals surface area (Å²) in [6.45, 7) is 2.99. The number of fused-ring (bicyclic) bond motifs is 1. The number of thioether (sulfide) groups is 1. The van der Waals surface area contributed by atoms with Crippen LogP contribution in [-0.4, -0.2) is 47.2 Å². The van der Waals surface area contributed by atoms with Crippen LogP contribution >= 0.6 is 23.1 Å². The monoisotopic (exact) mass is 506 g/mol. The van der Waals surface area contributed by atoms with E-state index in [2.05, 4.69) is 15.5 Å². The number of nitrogens with zero attached hydrogens (tertiary/aromatic N) is 3. The molecule has 0 radical (unpaired) electrons. The fourth-order valence-electron chi connectivity index (χ4n) is 3.49. The van der Waals surface area contributed by atoms with E-state index in [0.717, 1.165) is 32.6 Å². The van der Waals surface area contributed by atoms with Crippen molar-refractivity contribution in [2.24, 2.45) is 0 Å². The maximum Gasteiger partial charge on any atom is 0.234 e. The summed E-state index contributed by atoms with van der Waals surface area (Å²) in [5.74, 6) is 2.18. The quantitative estimate of drug-likeness (QED) is 0.347. The minimum absolute atomic E-state index is 0.140. The normalized spacial score (nSPS) is 12.3. The van der Waals surface area contributed by atoms with Crippen LogP contribution in [0.25, 0.3) is 21.1 Å². The second-order valence-corrected chi connectivity index (χ2v) is 9.61. The topological polar surface area (TPSA) is 95.5 Å². The number of rotatable bonds is 7. The lowest BCUT2D eigenvalue weighted by atomic mass is 10.2. The first-order chi connectivity index (χ1) is 17.1. The average molecular weight is 507 g/mol. The zero-order chi connectivity index (χ0) is 24.2. The number of aryl methyl sites for hydroxylation is 1. The van der Waals surface area contributed by atoms with Crippen LogP contribution in [0, 0.1) is 6.92 Å². The van der Waals surface area contributed by atoms with Gasteiger partial charge in [0, 0.05) is 17.3 Å². The van der Waals surface area contributed by atoms with Gasteiger partial charge in [0.25, 0.3) is 0 Å². The molecule has 0 bridgehead atoms. The highest BCUT2D eigenvalue weighted by Crippen LogP contribution is 2.36. The zero-order valence-electron chi connectivity index (χ0n) is 19.1. The Hall–Kier alpha value is -3.63. The second-order valence-electron chi connectivity index (χ2n) is 7.62. The van der Waals surface area contributed by atoms with Crippen LogP contribution in [0.4, 0.5) is 5.69 Å². The first-order valence-corrected chi connectivity index (χ1v) is 12.7. The van der Waals surface area contributed by atoms with Gasteiger partial charge in [-0.25, -0.2) is 4.98 Å². The molecular weight excluding hydrogens is 484 g/mol. The number of amides is 1. The summed E-state index contributed by atoms with van der Waals surface area (Å²) in [7, 11) is 1.65. The first kappa shape index (κ1) is 23.1. The lowest BCUT2D eigenvalue weighted by Crippen LogP contribution is -2.17. The van der Waals surface area contributed by atoms with Gasteiger partial charge in [-0.3, -0.25) is 4.79 Å². The number of carbonyl (C=O) groups excluding carboxylic acids is 1. The molecule has 1 amide bonds. The van der Waals surface area contributed by atoms with Gasteiger partial charge >= 0.3 is 0 Å². The molecular formula is C25H22N4O4S2. The van der Waals surface area contributed by atoms with Crippen molar-refractivity contribution in [3.05, 3.63) is 60.3 Å². The Balaban J connectivity index is 1.21. The van der Waals surface area contributed by atoms with Gasteiger partial charge in [0.1, 0.15) is 34.7 Å². The Morgan fingerprint density at radius 2 is 1.94 bits per heavy atom. The number of thiazole rings is 1. The molecule has 0 aliphatic carbocycles. The second kappa shape index (κ2) is 10.3. The van der Waals surface area contributed by atoms with E-state index in [-0.39, 0.29) is 11.7 Å². The first-order valence-electron chi connectivity index (χ1n) is 10.9. The van der Waals surface area contributed by atoms with E-state index in [1.165, 1.54) is 11.8 Å². The Labute approximate surface area is 210 Å². The highest BCUT2D eigenvalue weighted by Gasteiger charge is 2.15. The summed E-state index contributed by atoms with van der Waals surface area (Å²) in [6, 6.07) is 16.9. The summed E-state index contributed by atoms with van der Waals surface area (Å²) >= 11 is 2.88. The summed E-state index contributed by atoms with van der Waals surface area (Å²) in [5.41, 5.74) is 3.29. The Bertz CT molecular complexity index is 1360. The molecule has 0 saturated heterocycles. The molecule has 8 nitrogen and oxygen atoms in total. The third kappa shape index (κ3) is 5.39. The number of hydrogen-bond donors (Lipinski definition) is 1. The molecule has 1 aliphatic rings. The molecule has 0 spiro atoms. The highest BCUT2D eigenvalue weighted by molar-refractivity contribution is 7.99. The minimum atomic E-state index is -0.140. The van der Waals surface area contributed by atoms with Crippen LogP contribution in [0.1, 0.15) is 5.69 Å². The van der Waals surface area contributed by atoms with Crippen molar-refractivity contribution in [3.8, 4) is 38.4 Å².